The van der Waals surface area contributed by atoms with Crippen LogP contribution in [0, 0.1) is 10.8 Å². The van der Waals surface area contributed by atoms with Gasteiger partial charge in [0.25, 0.3) is 10.7 Å². The van der Waals surface area contributed by atoms with Crippen LogP contribution in [0.15, 0.2) is 28.7 Å². The summed E-state index contributed by atoms with van der Waals surface area (Å²) >= 11 is 4.86. The molecule has 6 heteroatoms. The number of hydrogen-bond donors (Lipinski definition) is 1. The maximum atomic E-state index is 12.6. The van der Waals surface area contributed by atoms with Gasteiger partial charge in [0, 0.05) is 23.7 Å². The van der Waals surface area contributed by atoms with Gasteiger partial charge in [-0.15, -0.1) is 5.10 Å². The Morgan fingerprint density at radius 1 is 1.36 bits per heavy atom. The Morgan fingerprint density at radius 2 is 2.09 bits per heavy atom. The third-order valence-corrected chi connectivity index (χ3v) is 4.39. The standard InChI is InChI=1S/C16H19N3O2S/c1-10-7-8-19(11(2)9-10)15(20)13-5-3-12(4-6-13)14-17-18-16(22)21-14/h3-6,10-11H,7-9H2,1-2H3,(H,18,22)/t10-,11+/m1/s1. The first kappa shape index (κ1) is 15.0. The molecule has 1 saturated heterocycles. The summed E-state index contributed by atoms with van der Waals surface area (Å²) in [5.41, 5.74) is 1.49. The van der Waals surface area contributed by atoms with E-state index in [2.05, 4.69) is 24.0 Å². The number of nitrogens with zero attached hydrogens (tertiary/aromatic N) is 2. The molecule has 2 aromatic rings. The molecule has 0 radical (unpaired) electrons. The number of carbonyl (C=O) groups is 1. The van der Waals surface area contributed by atoms with E-state index in [0.717, 1.165) is 24.9 Å². The zero-order valence-electron chi connectivity index (χ0n) is 12.7. The monoisotopic (exact) mass is 317 g/mol. The third-order valence-electron chi connectivity index (χ3n) is 4.22. The topological polar surface area (TPSA) is 62.1 Å². The molecule has 3 rings (SSSR count). The molecule has 22 heavy (non-hydrogen) atoms. The fourth-order valence-electron chi connectivity index (χ4n) is 2.98. The average Bonchev–Trinajstić information content (AvgIpc) is 2.93. The Labute approximate surface area is 134 Å². The van der Waals surface area contributed by atoms with Gasteiger partial charge in [-0.1, -0.05) is 6.92 Å². The molecule has 1 aromatic heterocycles. The first-order chi connectivity index (χ1) is 10.5. The molecule has 1 amide bonds. The number of amides is 1. The first-order valence-electron chi connectivity index (χ1n) is 7.51. The highest BCUT2D eigenvalue weighted by molar-refractivity contribution is 7.71. The molecule has 0 unspecified atom stereocenters. The van der Waals surface area contributed by atoms with E-state index in [-0.39, 0.29) is 10.7 Å². The molecule has 1 aliphatic heterocycles. The molecule has 1 N–H and O–H groups in total. The maximum absolute atomic E-state index is 12.6. The van der Waals surface area contributed by atoms with E-state index in [1.165, 1.54) is 0 Å². The number of likely N-dealkylation sites (tertiary alicyclic amines) is 1. The van der Waals surface area contributed by atoms with Crippen molar-refractivity contribution in [3.8, 4) is 11.5 Å². The summed E-state index contributed by atoms with van der Waals surface area (Å²) in [5, 5.41) is 6.57. The van der Waals surface area contributed by atoms with Crippen LogP contribution in [0.3, 0.4) is 0 Å². The van der Waals surface area contributed by atoms with Crippen molar-refractivity contribution in [2.75, 3.05) is 6.54 Å². The van der Waals surface area contributed by atoms with Crippen LogP contribution in [-0.2, 0) is 0 Å². The predicted molar refractivity (Wildman–Crippen MR) is 86.0 cm³/mol. The molecule has 1 aromatic carbocycles. The normalized spacial score (nSPS) is 21.8. The molecule has 0 aliphatic carbocycles. The van der Waals surface area contributed by atoms with Crippen molar-refractivity contribution in [1.82, 2.24) is 15.1 Å². The summed E-state index contributed by atoms with van der Waals surface area (Å²) in [6.07, 6.45) is 2.14. The zero-order chi connectivity index (χ0) is 15.7. The van der Waals surface area contributed by atoms with Gasteiger partial charge in [0.2, 0.25) is 5.89 Å². The van der Waals surface area contributed by atoms with Crippen molar-refractivity contribution >= 4 is 18.1 Å². The van der Waals surface area contributed by atoms with E-state index in [1.54, 1.807) is 0 Å². The van der Waals surface area contributed by atoms with Crippen LogP contribution in [0.1, 0.15) is 37.0 Å². The highest BCUT2D eigenvalue weighted by Gasteiger charge is 2.27. The van der Waals surface area contributed by atoms with Crippen LogP contribution in [-0.4, -0.2) is 33.6 Å². The molecule has 0 spiro atoms. The molecule has 2 atom stereocenters. The molecule has 2 heterocycles. The van der Waals surface area contributed by atoms with Crippen molar-refractivity contribution in [3.05, 3.63) is 34.7 Å². The summed E-state index contributed by atoms with van der Waals surface area (Å²) in [6, 6.07) is 7.59. The van der Waals surface area contributed by atoms with E-state index >= 15 is 0 Å². The van der Waals surface area contributed by atoms with E-state index in [4.69, 9.17) is 16.6 Å². The van der Waals surface area contributed by atoms with Crippen LogP contribution in [0.2, 0.25) is 0 Å². The molecule has 0 saturated carbocycles. The lowest BCUT2D eigenvalue weighted by molar-refractivity contribution is 0.0588. The van der Waals surface area contributed by atoms with Crippen molar-refractivity contribution in [2.24, 2.45) is 5.92 Å². The van der Waals surface area contributed by atoms with Gasteiger partial charge in [-0.2, -0.15) is 0 Å². The van der Waals surface area contributed by atoms with Gasteiger partial charge >= 0.3 is 0 Å². The molecular weight excluding hydrogens is 298 g/mol. The molecule has 5 nitrogen and oxygen atoms in total. The Morgan fingerprint density at radius 3 is 2.68 bits per heavy atom. The van der Waals surface area contributed by atoms with Gasteiger partial charge in [-0.3, -0.25) is 4.79 Å². The second-order valence-corrected chi connectivity index (χ2v) is 6.34. The second-order valence-electron chi connectivity index (χ2n) is 5.97. The minimum Gasteiger partial charge on any atom is -0.409 e. The van der Waals surface area contributed by atoms with Crippen LogP contribution in [0.4, 0.5) is 0 Å². The lowest BCUT2D eigenvalue weighted by atomic mass is 9.93. The Balaban J connectivity index is 1.78. The maximum Gasteiger partial charge on any atom is 0.284 e. The summed E-state index contributed by atoms with van der Waals surface area (Å²) in [6.45, 7) is 5.19. The van der Waals surface area contributed by atoms with E-state index in [0.29, 0.717) is 23.4 Å². The summed E-state index contributed by atoms with van der Waals surface area (Å²) in [7, 11) is 0. The highest BCUT2D eigenvalue weighted by atomic mass is 32.1. The highest BCUT2D eigenvalue weighted by Crippen LogP contribution is 2.24. The predicted octanol–water partition coefficient (Wildman–Crippen LogP) is 3.66. The number of aromatic amines is 1. The quantitative estimate of drug-likeness (QED) is 0.859. The molecule has 1 aliphatic rings. The Hall–Kier alpha value is -1.95. The largest absolute Gasteiger partial charge is 0.409 e. The van der Waals surface area contributed by atoms with Crippen LogP contribution in [0.25, 0.3) is 11.5 Å². The molecule has 0 bridgehead atoms. The molecule has 116 valence electrons. The van der Waals surface area contributed by atoms with E-state index in [1.807, 2.05) is 29.2 Å². The van der Waals surface area contributed by atoms with Gasteiger partial charge < -0.3 is 9.32 Å². The number of rotatable bonds is 2. The minimum atomic E-state index is 0.0916. The Bertz CT molecular complexity index is 719. The fraction of sp³-hybridized carbons (Fsp3) is 0.438. The summed E-state index contributed by atoms with van der Waals surface area (Å²) in [4.78, 5) is 14.8. The zero-order valence-corrected chi connectivity index (χ0v) is 13.5. The number of H-pyrrole nitrogens is 1. The van der Waals surface area contributed by atoms with Crippen LogP contribution >= 0.6 is 12.2 Å². The van der Waals surface area contributed by atoms with E-state index < -0.39 is 0 Å². The number of aromatic nitrogens is 2. The first-order valence-corrected chi connectivity index (χ1v) is 7.92. The number of benzene rings is 1. The number of hydrogen-bond acceptors (Lipinski definition) is 4. The van der Waals surface area contributed by atoms with Crippen molar-refractivity contribution < 1.29 is 9.21 Å². The van der Waals surface area contributed by atoms with E-state index in [9.17, 15) is 4.79 Å². The third kappa shape index (κ3) is 2.97. The average molecular weight is 317 g/mol. The fourth-order valence-corrected chi connectivity index (χ4v) is 3.11. The Kier molecular flexibility index (Phi) is 4.11. The number of nitrogens with one attached hydrogen (secondary N) is 1. The summed E-state index contributed by atoms with van der Waals surface area (Å²) < 4.78 is 5.27. The SMILES string of the molecule is C[C@@H]1CCN(C(=O)c2ccc(-c3n[nH]c(=S)o3)cc2)[C@@H](C)C1. The van der Waals surface area contributed by atoms with Crippen LogP contribution < -0.4 is 0 Å². The molecular formula is C16H19N3O2S. The second kappa shape index (κ2) is 6.04. The summed E-state index contributed by atoms with van der Waals surface area (Å²) in [5.74, 6) is 1.22. The van der Waals surface area contributed by atoms with Crippen molar-refractivity contribution in [1.29, 1.82) is 0 Å². The van der Waals surface area contributed by atoms with Gasteiger partial charge in [0.05, 0.1) is 0 Å². The van der Waals surface area contributed by atoms with Gasteiger partial charge in [0.15, 0.2) is 0 Å². The lowest BCUT2D eigenvalue weighted by Crippen LogP contribution is -2.44. The number of carbonyl (C=O) groups excluding carboxylic acids is 1. The number of piperidine rings is 1. The van der Waals surface area contributed by atoms with Crippen LogP contribution in [0.5, 0.6) is 0 Å². The minimum absolute atomic E-state index is 0.0916. The van der Waals surface area contributed by atoms with Gasteiger partial charge in [0.1, 0.15) is 0 Å². The van der Waals surface area contributed by atoms with Crippen molar-refractivity contribution in [2.45, 2.75) is 32.7 Å². The lowest BCUT2D eigenvalue weighted by Gasteiger charge is -2.36. The van der Waals surface area contributed by atoms with Gasteiger partial charge in [-0.05, 0) is 62.2 Å². The van der Waals surface area contributed by atoms with Crippen molar-refractivity contribution in [3.63, 3.8) is 0 Å². The molecule has 1 fully saturated rings. The smallest absolute Gasteiger partial charge is 0.284 e. The van der Waals surface area contributed by atoms with Gasteiger partial charge in [-0.25, -0.2) is 5.10 Å².